The monoisotopic (exact) mass is 328 g/mol. The molecule has 1 fully saturated rings. The van der Waals surface area contributed by atoms with E-state index in [1.165, 1.54) is 5.56 Å². The summed E-state index contributed by atoms with van der Waals surface area (Å²) in [5.41, 5.74) is 6.81. The maximum absolute atomic E-state index is 11.3. The lowest BCUT2D eigenvalue weighted by Crippen LogP contribution is -2.22. The Bertz CT molecular complexity index is 716. The Labute approximate surface area is 139 Å². The fourth-order valence-corrected chi connectivity index (χ4v) is 2.83. The molecule has 126 valence electrons. The highest BCUT2D eigenvalue weighted by molar-refractivity contribution is 5.71. The van der Waals surface area contributed by atoms with Gasteiger partial charge in [-0.25, -0.2) is 0 Å². The van der Waals surface area contributed by atoms with E-state index in [0.717, 1.165) is 32.4 Å². The molecule has 0 atom stereocenters. The normalized spacial score (nSPS) is 13.9. The first-order valence-corrected chi connectivity index (χ1v) is 8.00. The van der Waals surface area contributed by atoms with Crippen molar-refractivity contribution in [2.75, 3.05) is 35.6 Å². The number of hydrogen-bond acceptors (Lipinski definition) is 7. The first kappa shape index (κ1) is 16.0. The van der Waals surface area contributed by atoms with E-state index in [9.17, 15) is 10.1 Å². The van der Waals surface area contributed by atoms with Crippen LogP contribution in [0.15, 0.2) is 30.3 Å². The van der Waals surface area contributed by atoms with Crippen molar-refractivity contribution < 1.29 is 4.92 Å². The third-order valence-electron chi connectivity index (χ3n) is 4.02. The van der Waals surface area contributed by atoms with Gasteiger partial charge in [-0.15, -0.1) is 0 Å². The van der Waals surface area contributed by atoms with Gasteiger partial charge >= 0.3 is 5.69 Å². The molecule has 0 spiro atoms. The molecule has 3 rings (SSSR count). The summed E-state index contributed by atoms with van der Waals surface area (Å²) < 4.78 is 0. The number of nitro groups is 1. The second kappa shape index (κ2) is 7.12. The summed E-state index contributed by atoms with van der Waals surface area (Å²) in [6.45, 7) is 2.13. The van der Waals surface area contributed by atoms with Crippen molar-refractivity contribution >= 4 is 23.3 Å². The second-order valence-corrected chi connectivity index (χ2v) is 5.72. The number of benzene rings is 1. The van der Waals surface area contributed by atoms with Gasteiger partial charge in [-0.2, -0.15) is 9.97 Å². The standard InChI is InChI=1S/C16H20N6O2/c17-14-13(22(23)24)15(21-10-4-5-11-21)20-16(19-14)18-9-8-12-6-2-1-3-7-12/h1-3,6-7H,4-5,8-11H2,(H3,17,18,19,20). The highest BCUT2D eigenvalue weighted by Crippen LogP contribution is 2.33. The van der Waals surface area contributed by atoms with Crippen molar-refractivity contribution in [1.29, 1.82) is 0 Å². The Morgan fingerprint density at radius 2 is 1.92 bits per heavy atom. The van der Waals surface area contributed by atoms with Gasteiger partial charge < -0.3 is 16.0 Å². The molecule has 0 aliphatic carbocycles. The molecule has 0 amide bonds. The zero-order chi connectivity index (χ0) is 16.9. The van der Waals surface area contributed by atoms with E-state index in [1.54, 1.807) is 0 Å². The zero-order valence-electron chi connectivity index (χ0n) is 13.3. The first-order valence-electron chi connectivity index (χ1n) is 8.00. The number of nitrogens with two attached hydrogens (primary N) is 1. The van der Waals surface area contributed by atoms with Crippen LogP contribution in [0.1, 0.15) is 18.4 Å². The summed E-state index contributed by atoms with van der Waals surface area (Å²) in [6.07, 6.45) is 2.80. The molecule has 0 unspecified atom stereocenters. The van der Waals surface area contributed by atoms with Gasteiger partial charge in [0.2, 0.25) is 17.6 Å². The number of hydrogen-bond donors (Lipinski definition) is 2. The van der Waals surface area contributed by atoms with E-state index in [2.05, 4.69) is 15.3 Å². The van der Waals surface area contributed by atoms with Gasteiger partial charge in [-0.3, -0.25) is 10.1 Å². The predicted octanol–water partition coefficient (Wildman–Crippen LogP) is 2.22. The Hall–Kier alpha value is -2.90. The van der Waals surface area contributed by atoms with Crippen molar-refractivity contribution in [1.82, 2.24) is 9.97 Å². The fraction of sp³-hybridized carbons (Fsp3) is 0.375. The van der Waals surface area contributed by atoms with Crippen LogP contribution in [0, 0.1) is 10.1 Å². The van der Waals surface area contributed by atoms with Gasteiger partial charge in [-0.1, -0.05) is 30.3 Å². The summed E-state index contributed by atoms with van der Waals surface area (Å²) >= 11 is 0. The molecule has 1 aliphatic heterocycles. The number of rotatable bonds is 6. The lowest BCUT2D eigenvalue weighted by Gasteiger charge is -2.17. The predicted molar refractivity (Wildman–Crippen MR) is 93.2 cm³/mol. The molecule has 2 aromatic rings. The highest BCUT2D eigenvalue weighted by Gasteiger charge is 2.28. The van der Waals surface area contributed by atoms with Crippen LogP contribution in [0.4, 0.5) is 23.3 Å². The molecule has 1 aromatic carbocycles. The summed E-state index contributed by atoms with van der Waals surface area (Å²) in [5, 5.41) is 14.4. The minimum absolute atomic E-state index is 0.0980. The fourth-order valence-electron chi connectivity index (χ4n) is 2.83. The van der Waals surface area contributed by atoms with E-state index in [4.69, 9.17) is 5.73 Å². The van der Waals surface area contributed by atoms with E-state index in [0.29, 0.717) is 18.3 Å². The number of nitrogens with zero attached hydrogens (tertiary/aromatic N) is 4. The Morgan fingerprint density at radius 1 is 1.21 bits per heavy atom. The zero-order valence-corrected chi connectivity index (χ0v) is 13.3. The van der Waals surface area contributed by atoms with Crippen molar-refractivity contribution in [2.24, 2.45) is 0 Å². The van der Waals surface area contributed by atoms with Crippen LogP contribution in [-0.4, -0.2) is 34.5 Å². The molecule has 2 heterocycles. The largest absolute Gasteiger partial charge is 0.378 e. The molecule has 1 saturated heterocycles. The molecule has 0 radical (unpaired) electrons. The van der Waals surface area contributed by atoms with Gasteiger partial charge in [-0.05, 0) is 24.8 Å². The third kappa shape index (κ3) is 3.53. The van der Waals surface area contributed by atoms with Gasteiger partial charge in [0.15, 0.2) is 0 Å². The van der Waals surface area contributed by atoms with Crippen LogP contribution in [0.25, 0.3) is 0 Å². The summed E-state index contributed by atoms with van der Waals surface area (Å²) in [6, 6.07) is 10.0. The average Bonchev–Trinajstić information content (AvgIpc) is 3.09. The summed E-state index contributed by atoms with van der Waals surface area (Å²) in [4.78, 5) is 21.1. The topological polar surface area (TPSA) is 110 Å². The van der Waals surface area contributed by atoms with Gasteiger partial charge in [0, 0.05) is 19.6 Å². The number of anilines is 3. The van der Waals surface area contributed by atoms with Crippen LogP contribution in [0.5, 0.6) is 0 Å². The van der Waals surface area contributed by atoms with Crippen LogP contribution in [-0.2, 0) is 6.42 Å². The second-order valence-electron chi connectivity index (χ2n) is 5.72. The molecular formula is C16H20N6O2. The Kier molecular flexibility index (Phi) is 4.74. The Morgan fingerprint density at radius 3 is 2.58 bits per heavy atom. The molecule has 1 aliphatic rings. The maximum Gasteiger partial charge on any atom is 0.353 e. The summed E-state index contributed by atoms with van der Waals surface area (Å²) in [5.74, 6) is 0.544. The van der Waals surface area contributed by atoms with Gasteiger partial charge in [0.1, 0.15) is 0 Å². The number of aromatic nitrogens is 2. The molecule has 0 bridgehead atoms. The smallest absolute Gasteiger partial charge is 0.353 e. The minimum atomic E-state index is -0.503. The molecule has 3 N–H and O–H groups in total. The van der Waals surface area contributed by atoms with Gasteiger partial charge in [0.05, 0.1) is 4.92 Å². The highest BCUT2D eigenvalue weighted by atomic mass is 16.6. The van der Waals surface area contributed by atoms with Crippen LogP contribution >= 0.6 is 0 Å². The van der Waals surface area contributed by atoms with Crippen LogP contribution < -0.4 is 16.0 Å². The van der Waals surface area contributed by atoms with E-state index in [-0.39, 0.29) is 11.5 Å². The lowest BCUT2D eigenvalue weighted by atomic mass is 10.1. The number of nitrogen functional groups attached to an aromatic ring is 1. The molecule has 24 heavy (non-hydrogen) atoms. The van der Waals surface area contributed by atoms with Crippen molar-refractivity contribution in [3.63, 3.8) is 0 Å². The third-order valence-corrected chi connectivity index (χ3v) is 4.02. The molecule has 8 heteroatoms. The Balaban J connectivity index is 1.77. The van der Waals surface area contributed by atoms with E-state index in [1.807, 2.05) is 35.2 Å². The van der Waals surface area contributed by atoms with Gasteiger partial charge in [0.25, 0.3) is 0 Å². The van der Waals surface area contributed by atoms with Crippen molar-refractivity contribution in [3.8, 4) is 0 Å². The molecule has 0 saturated carbocycles. The van der Waals surface area contributed by atoms with Crippen LogP contribution in [0.2, 0.25) is 0 Å². The average molecular weight is 328 g/mol. The summed E-state index contributed by atoms with van der Waals surface area (Å²) in [7, 11) is 0. The van der Waals surface area contributed by atoms with E-state index < -0.39 is 4.92 Å². The van der Waals surface area contributed by atoms with Crippen molar-refractivity contribution in [3.05, 3.63) is 46.0 Å². The number of nitrogens with one attached hydrogen (secondary N) is 1. The molecule has 8 nitrogen and oxygen atoms in total. The quantitative estimate of drug-likeness (QED) is 0.618. The van der Waals surface area contributed by atoms with E-state index >= 15 is 0 Å². The molecular weight excluding hydrogens is 308 g/mol. The van der Waals surface area contributed by atoms with Crippen LogP contribution in [0.3, 0.4) is 0 Å². The SMILES string of the molecule is Nc1nc(NCCc2ccccc2)nc(N2CCCC2)c1[N+](=O)[O-]. The van der Waals surface area contributed by atoms with Crippen molar-refractivity contribution in [2.45, 2.75) is 19.3 Å². The molecule has 1 aromatic heterocycles. The minimum Gasteiger partial charge on any atom is -0.378 e. The first-order chi connectivity index (χ1) is 11.6. The lowest BCUT2D eigenvalue weighted by molar-refractivity contribution is -0.383. The maximum atomic E-state index is 11.3.